The fraction of sp³-hybridized carbons (Fsp3) is 0.345. The highest BCUT2D eigenvalue weighted by Crippen LogP contribution is 2.45. The van der Waals surface area contributed by atoms with E-state index >= 15 is 0 Å². The Hall–Kier alpha value is -3.57. The van der Waals surface area contributed by atoms with E-state index < -0.39 is 18.2 Å². The number of aromatic nitrogens is 2. The quantitative estimate of drug-likeness (QED) is 0.327. The molecule has 0 aliphatic carbocycles. The Morgan fingerprint density at radius 1 is 1.27 bits per heavy atom. The van der Waals surface area contributed by atoms with Crippen molar-refractivity contribution in [3.05, 3.63) is 63.4 Å². The molecular formula is C29H33Cl2N5O5. The van der Waals surface area contributed by atoms with Crippen LogP contribution in [-0.4, -0.2) is 76.0 Å². The number of hydrogen-bond donors (Lipinski definition) is 3. The van der Waals surface area contributed by atoms with Crippen molar-refractivity contribution in [3.8, 4) is 28.4 Å². The predicted molar refractivity (Wildman–Crippen MR) is 160 cm³/mol. The number of allylic oxidation sites excluding steroid dienone is 1. The number of methoxy groups -OCH3 is 1. The zero-order valence-electron chi connectivity index (χ0n) is 23.5. The summed E-state index contributed by atoms with van der Waals surface area (Å²) in [6.45, 7) is 5.50. The van der Waals surface area contributed by atoms with Gasteiger partial charge in [0.05, 0.1) is 37.7 Å². The fourth-order valence-electron chi connectivity index (χ4n) is 4.29. The first kappa shape index (κ1) is 30.4. The van der Waals surface area contributed by atoms with Gasteiger partial charge in [-0.1, -0.05) is 23.2 Å². The second-order valence-corrected chi connectivity index (χ2v) is 11.4. The number of carbonyl (C=O) groups excluding carboxylic acids is 1. The lowest BCUT2D eigenvalue weighted by molar-refractivity contribution is 0.0646. The van der Waals surface area contributed by atoms with E-state index in [1.54, 1.807) is 40.9 Å². The third-order valence-electron chi connectivity index (χ3n) is 6.77. The molecule has 41 heavy (non-hydrogen) atoms. The largest absolute Gasteiger partial charge is 0.496 e. The normalized spacial score (nSPS) is 13.9. The summed E-state index contributed by atoms with van der Waals surface area (Å²) in [4.78, 5) is 19.6. The number of fused-ring (bicyclic) bond motifs is 3. The van der Waals surface area contributed by atoms with Gasteiger partial charge in [0.15, 0.2) is 5.69 Å². The first-order valence-electron chi connectivity index (χ1n) is 12.8. The van der Waals surface area contributed by atoms with Gasteiger partial charge in [0.25, 0.3) is 5.91 Å². The SMILES string of the molecule is COc1cc2c(cc1C(C=NCC(O)CO)=CN)-c1c(c(C(=O)N(C)C(C)(C)C)nn1-c1cc(Cl)cc(Cl)c1)CO2. The van der Waals surface area contributed by atoms with Gasteiger partial charge in [-0.05, 0) is 45.0 Å². The Labute approximate surface area is 248 Å². The number of amides is 1. The van der Waals surface area contributed by atoms with E-state index in [1.807, 2.05) is 26.8 Å². The van der Waals surface area contributed by atoms with Crippen molar-refractivity contribution in [2.24, 2.45) is 10.7 Å². The van der Waals surface area contributed by atoms with E-state index in [4.69, 9.17) is 48.6 Å². The monoisotopic (exact) mass is 601 g/mol. The molecule has 1 aliphatic rings. The number of hydrogen-bond acceptors (Lipinski definition) is 8. The molecular weight excluding hydrogens is 569 g/mol. The first-order valence-corrected chi connectivity index (χ1v) is 13.6. The Morgan fingerprint density at radius 3 is 2.54 bits per heavy atom. The molecule has 0 fully saturated rings. The molecule has 0 bridgehead atoms. The number of ether oxygens (including phenoxy) is 2. The van der Waals surface area contributed by atoms with Gasteiger partial charge in [-0.3, -0.25) is 9.79 Å². The van der Waals surface area contributed by atoms with E-state index in [-0.39, 0.29) is 24.8 Å². The number of aliphatic imine (C=N–C) groups is 1. The molecule has 4 rings (SSSR count). The Morgan fingerprint density at radius 2 is 1.95 bits per heavy atom. The smallest absolute Gasteiger partial charge is 0.274 e. The molecule has 1 atom stereocenters. The van der Waals surface area contributed by atoms with Crippen LogP contribution in [0.5, 0.6) is 11.5 Å². The van der Waals surface area contributed by atoms with Crippen molar-refractivity contribution in [1.82, 2.24) is 14.7 Å². The third-order valence-corrected chi connectivity index (χ3v) is 7.20. The van der Waals surface area contributed by atoms with E-state index in [0.717, 1.165) is 0 Å². The topological polar surface area (TPSA) is 135 Å². The average molecular weight is 603 g/mol. The summed E-state index contributed by atoms with van der Waals surface area (Å²) < 4.78 is 13.4. The lowest BCUT2D eigenvalue weighted by Crippen LogP contribution is -2.43. The van der Waals surface area contributed by atoms with Crippen LogP contribution in [-0.2, 0) is 6.61 Å². The molecule has 1 amide bonds. The van der Waals surface area contributed by atoms with E-state index in [1.165, 1.54) is 19.5 Å². The highest BCUT2D eigenvalue weighted by Gasteiger charge is 2.34. The maximum absolute atomic E-state index is 13.7. The summed E-state index contributed by atoms with van der Waals surface area (Å²) in [5.41, 5.74) is 9.27. The van der Waals surface area contributed by atoms with E-state index in [2.05, 4.69) is 4.99 Å². The second kappa shape index (κ2) is 12.1. The molecule has 0 saturated heterocycles. The molecule has 2 heterocycles. The van der Waals surface area contributed by atoms with Crippen LogP contribution in [0.2, 0.25) is 10.0 Å². The number of rotatable bonds is 8. The summed E-state index contributed by atoms with van der Waals surface area (Å²) in [5, 5.41) is 24.4. The number of nitrogens with two attached hydrogens (primary N) is 1. The first-order chi connectivity index (χ1) is 19.4. The Bertz CT molecular complexity index is 1510. The van der Waals surface area contributed by atoms with Crippen molar-refractivity contribution in [1.29, 1.82) is 0 Å². The molecule has 2 aromatic carbocycles. The van der Waals surface area contributed by atoms with Crippen LogP contribution in [0.1, 0.15) is 42.4 Å². The van der Waals surface area contributed by atoms with E-state index in [9.17, 15) is 9.90 Å². The van der Waals surface area contributed by atoms with Gasteiger partial charge < -0.3 is 30.3 Å². The van der Waals surface area contributed by atoms with Gasteiger partial charge in [-0.2, -0.15) is 5.10 Å². The zero-order valence-corrected chi connectivity index (χ0v) is 25.0. The van der Waals surface area contributed by atoms with Crippen LogP contribution in [0.25, 0.3) is 22.5 Å². The lowest BCUT2D eigenvalue weighted by atomic mass is 9.96. The van der Waals surface area contributed by atoms with Crippen LogP contribution in [0.4, 0.5) is 0 Å². The maximum atomic E-state index is 13.7. The molecule has 0 saturated carbocycles. The van der Waals surface area contributed by atoms with Gasteiger partial charge in [-0.15, -0.1) is 0 Å². The van der Waals surface area contributed by atoms with Gasteiger partial charge in [0.2, 0.25) is 0 Å². The van der Waals surface area contributed by atoms with Gasteiger partial charge >= 0.3 is 0 Å². The summed E-state index contributed by atoms with van der Waals surface area (Å²) in [6, 6.07) is 8.61. The van der Waals surface area contributed by atoms with Crippen LogP contribution in [0.3, 0.4) is 0 Å². The molecule has 0 spiro atoms. The zero-order chi connectivity index (χ0) is 30.1. The maximum Gasteiger partial charge on any atom is 0.274 e. The number of halogens is 2. The van der Waals surface area contributed by atoms with Crippen molar-refractivity contribution in [2.75, 3.05) is 27.3 Å². The molecule has 10 nitrogen and oxygen atoms in total. The lowest BCUT2D eigenvalue weighted by Gasteiger charge is -2.31. The highest BCUT2D eigenvalue weighted by molar-refractivity contribution is 6.34. The number of aliphatic hydroxyl groups excluding tert-OH is 2. The van der Waals surface area contributed by atoms with Gasteiger partial charge in [-0.25, -0.2) is 4.68 Å². The van der Waals surface area contributed by atoms with Crippen molar-refractivity contribution in [2.45, 2.75) is 39.0 Å². The minimum Gasteiger partial charge on any atom is -0.496 e. The predicted octanol–water partition coefficient (Wildman–Crippen LogP) is 4.34. The van der Waals surface area contributed by atoms with Crippen LogP contribution in [0, 0.1) is 0 Å². The summed E-state index contributed by atoms with van der Waals surface area (Å²) in [7, 11) is 3.26. The fourth-order valence-corrected chi connectivity index (χ4v) is 4.80. The van der Waals surface area contributed by atoms with Crippen LogP contribution < -0.4 is 15.2 Å². The molecule has 3 aromatic rings. The van der Waals surface area contributed by atoms with E-state index in [0.29, 0.717) is 55.2 Å². The number of benzene rings is 2. The number of nitrogens with zero attached hydrogens (tertiary/aromatic N) is 4. The standard InChI is InChI=1S/C29H33Cl2N5O5/c1-29(2,3)35(4)28(39)26-23-15-41-25-10-24(40-5)21(16(11-32)12-33-13-20(38)14-37)9-22(25)27(23)36(34-26)19-7-17(30)6-18(31)8-19/h6-12,20,37-38H,13-15,32H2,1-5H3. The van der Waals surface area contributed by atoms with Crippen molar-refractivity contribution < 1.29 is 24.5 Å². The third kappa shape index (κ3) is 6.20. The molecule has 218 valence electrons. The van der Waals surface area contributed by atoms with Crippen LogP contribution in [0.15, 0.2) is 41.5 Å². The molecule has 4 N–H and O–H groups in total. The molecule has 12 heteroatoms. The summed E-state index contributed by atoms with van der Waals surface area (Å²) in [5.74, 6) is 0.719. The molecule has 1 unspecified atom stereocenters. The minimum atomic E-state index is -0.993. The van der Waals surface area contributed by atoms with Crippen molar-refractivity contribution >= 4 is 40.9 Å². The van der Waals surface area contributed by atoms with Crippen molar-refractivity contribution in [3.63, 3.8) is 0 Å². The molecule has 0 radical (unpaired) electrons. The molecule has 1 aromatic heterocycles. The molecule has 1 aliphatic heterocycles. The summed E-state index contributed by atoms with van der Waals surface area (Å²) in [6.07, 6.45) is 1.87. The minimum absolute atomic E-state index is 0.0105. The van der Waals surface area contributed by atoms with Gasteiger partial charge in [0, 0.05) is 63.4 Å². The van der Waals surface area contributed by atoms with Crippen LogP contribution >= 0.6 is 23.2 Å². The van der Waals surface area contributed by atoms with Gasteiger partial charge in [0.1, 0.15) is 18.1 Å². The summed E-state index contributed by atoms with van der Waals surface area (Å²) >= 11 is 12.7. The second-order valence-electron chi connectivity index (χ2n) is 10.5. The Balaban J connectivity index is 1.96. The highest BCUT2D eigenvalue weighted by atomic mass is 35.5. The average Bonchev–Trinajstić information content (AvgIpc) is 3.33. The Kier molecular flexibility index (Phi) is 8.98. The number of aliphatic hydroxyl groups is 2. The number of carbonyl (C=O) groups is 1.